The molecule has 10 nitrogen and oxygen atoms in total. The van der Waals surface area contributed by atoms with Gasteiger partial charge >= 0.3 is 17.5 Å². The normalized spacial score (nSPS) is 21.7. The fourth-order valence-electron chi connectivity index (χ4n) is 3.58. The van der Waals surface area contributed by atoms with Crippen LogP contribution in [0.15, 0.2) is 36.7 Å². The van der Waals surface area contributed by atoms with E-state index in [0.717, 1.165) is 5.56 Å². The minimum absolute atomic E-state index is 0.0209. The Bertz CT molecular complexity index is 994. The zero-order valence-electron chi connectivity index (χ0n) is 19.5. The largest absolute Gasteiger partial charge is 0.474 e. The van der Waals surface area contributed by atoms with E-state index in [4.69, 9.17) is 22.6 Å². The maximum atomic E-state index is 12.2. The van der Waals surface area contributed by atoms with Gasteiger partial charge in [-0.15, -0.1) is 0 Å². The lowest BCUT2D eigenvalue weighted by atomic mass is 10.0. The molecule has 1 amide bonds. The van der Waals surface area contributed by atoms with Crippen LogP contribution >= 0.6 is 0 Å². The highest BCUT2D eigenvalue weighted by atomic mass is 32.2. The molecular weight excluding hydrogens is 462 g/mol. The Hall–Kier alpha value is -2.76. The molecule has 0 bridgehead atoms. The van der Waals surface area contributed by atoms with Crippen LogP contribution in [0, 0.1) is 0 Å². The molecule has 34 heavy (non-hydrogen) atoms. The fourth-order valence-corrected chi connectivity index (χ4v) is 4.19. The molecule has 184 valence electrons. The van der Waals surface area contributed by atoms with Crippen LogP contribution in [0.4, 0.5) is 4.79 Å². The van der Waals surface area contributed by atoms with Gasteiger partial charge in [0.25, 0.3) is 0 Å². The van der Waals surface area contributed by atoms with Crippen LogP contribution in [0.1, 0.15) is 45.1 Å². The number of ether oxygens (including phenoxy) is 3. The van der Waals surface area contributed by atoms with E-state index in [-0.39, 0.29) is 18.1 Å². The summed E-state index contributed by atoms with van der Waals surface area (Å²) in [5.41, 5.74) is 0.496. The van der Waals surface area contributed by atoms with Gasteiger partial charge < -0.3 is 19.1 Å². The van der Waals surface area contributed by atoms with Gasteiger partial charge in [0.2, 0.25) is 11.8 Å². The molecule has 0 radical (unpaired) electrons. The number of aromatic nitrogens is 2. The van der Waals surface area contributed by atoms with Crippen LogP contribution in [0.2, 0.25) is 0 Å². The quantitative estimate of drug-likeness (QED) is 0.617. The first kappa shape index (κ1) is 24.4. The monoisotopic (exact) mass is 491 g/mol. The van der Waals surface area contributed by atoms with Gasteiger partial charge in [0, 0.05) is 31.8 Å². The number of hydrogen-bond donors (Lipinski definition) is 0. The zero-order valence-corrected chi connectivity index (χ0v) is 20.3. The van der Waals surface area contributed by atoms with Crippen molar-refractivity contribution in [2.75, 3.05) is 26.3 Å². The van der Waals surface area contributed by atoms with E-state index in [0.29, 0.717) is 56.7 Å². The molecule has 0 spiro atoms. The molecule has 0 atom stereocenters. The standard InChI is InChI=1S/C23H29N3O7S/c1-23(2,3)33-22(27)26-10-8-19(9-11-26)32-21-12-20(24-15-25-21)31-18-6-4-16(5-7-18)17-13-29-34(28)30-14-17/h4-7,12,15,17,19H,8-11,13-14H2,1-3H3/t17-,34+. The van der Waals surface area contributed by atoms with E-state index in [1.165, 1.54) is 6.33 Å². The Labute approximate surface area is 201 Å². The van der Waals surface area contributed by atoms with E-state index in [1.54, 1.807) is 11.0 Å². The lowest BCUT2D eigenvalue weighted by Crippen LogP contribution is -2.44. The van der Waals surface area contributed by atoms with E-state index >= 15 is 0 Å². The number of nitrogens with zero attached hydrogens (tertiary/aromatic N) is 3. The van der Waals surface area contributed by atoms with Gasteiger partial charge in [-0.3, -0.25) is 8.37 Å². The van der Waals surface area contributed by atoms with Crippen LogP contribution in [0.25, 0.3) is 0 Å². The second-order valence-corrected chi connectivity index (χ2v) is 10.00. The van der Waals surface area contributed by atoms with Crippen LogP contribution in [-0.2, 0) is 24.5 Å². The number of likely N-dealkylation sites (tertiary alicyclic amines) is 1. The average molecular weight is 492 g/mol. The van der Waals surface area contributed by atoms with Gasteiger partial charge in [-0.1, -0.05) is 12.1 Å². The summed E-state index contributed by atoms with van der Waals surface area (Å²) in [6.07, 6.45) is 2.40. The highest BCUT2D eigenvalue weighted by molar-refractivity contribution is 7.75. The van der Waals surface area contributed by atoms with Crippen molar-refractivity contribution in [1.29, 1.82) is 0 Å². The fraction of sp³-hybridized carbons (Fsp3) is 0.522. The molecule has 1 aromatic heterocycles. The Balaban J connectivity index is 1.28. The van der Waals surface area contributed by atoms with E-state index in [2.05, 4.69) is 9.97 Å². The SMILES string of the molecule is CC(C)(C)OC(=O)N1CCC(Oc2cc(Oc3ccc([C@H]4CO[S@@](=O)OC4)cc3)ncn2)CC1. The molecule has 3 heterocycles. The number of rotatable bonds is 5. The molecule has 0 N–H and O–H groups in total. The summed E-state index contributed by atoms with van der Waals surface area (Å²) in [5, 5.41) is 0. The van der Waals surface area contributed by atoms with Gasteiger partial charge in [-0.05, 0) is 38.5 Å². The minimum atomic E-state index is -1.65. The van der Waals surface area contributed by atoms with Gasteiger partial charge in [0.05, 0.1) is 19.3 Å². The first-order valence-electron chi connectivity index (χ1n) is 11.2. The minimum Gasteiger partial charge on any atom is -0.474 e. The third-order valence-electron chi connectivity index (χ3n) is 5.30. The summed E-state index contributed by atoms with van der Waals surface area (Å²) in [6, 6.07) is 9.13. The van der Waals surface area contributed by atoms with Gasteiger partial charge in [-0.25, -0.2) is 14.8 Å². The van der Waals surface area contributed by atoms with Crippen molar-refractivity contribution in [3.63, 3.8) is 0 Å². The molecule has 2 fully saturated rings. The Morgan fingerprint density at radius 1 is 1.06 bits per heavy atom. The van der Waals surface area contributed by atoms with Crippen LogP contribution in [-0.4, -0.2) is 63.2 Å². The lowest BCUT2D eigenvalue weighted by molar-refractivity contribution is 0.0123. The third-order valence-corrected chi connectivity index (χ3v) is 5.96. The number of piperidine rings is 1. The number of carbonyl (C=O) groups is 1. The van der Waals surface area contributed by atoms with Gasteiger partial charge in [-0.2, -0.15) is 4.21 Å². The molecule has 2 saturated heterocycles. The molecule has 1 aromatic carbocycles. The number of hydrogen-bond acceptors (Lipinski definition) is 9. The predicted molar refractivity (Wildman–Crippen MR) is 123 cm³/mol. The summed E-state index contributed by atoms with van der Waals surface area (Å²) >= 11 is -1.65. The van der Waals surface area contributed by atoms with Crippen LogP contribution < -0.4 is 9.47 Å². The van der Waals surface area contributed by atoms with Crippen molar-refractivity contribution in [3.8, 4) is 17.5 Å². The summed E-state index contributed by atoms with van der Waals surface area (Å²) < 4.78 is 38.5. The summed E-state index contributed by atoms with van der Waals surface area (Å²) in [7, 11) is 0. The third kappa shape index (κ3) is 6.87. The van der Waals surface area contributed by atoms with Gasteiger partial charge in [0.15, 0.2) is 0 Å². The molecular formula is C23H29N3O7S. The first-order valence-corrected chi connectivity index (χ1v) is 12.2. The van der Waals surface area contributed by atoms with Crippen molar-refractivity contribution >= 4 is 17.5 Å². The maximum Gasteiger partial charge on any atom is 0.410 e. The second kappa shape index (κ2) is 10.7. The van der Waals surface area contributed by atoms with Crippen molar-refractivity contribution in [3.05, 3.63) is 42.2 Å². The second-order valence-electron chi connectivity index (χ2n) is 9.12. The maximum absolute atomic E-state index is 12.2. The smallest absolute Gasteiger partial charge is 0.410 e. The Morgan fingerprint density at radius 2 is 1.71 bits per heavy atom. The van der Waals surface area contributed by atoms with Crippen molar-refractivity contribution in [2.24, 2.45) is 0 Å². The van der Waals surface area contributed by atoms with Crippen molar-refractivity contribution < 1.29 is 31.6 Å². The molecule has 0 unspecified atom stereocenters. The number of amides is 1. The molecule has 0 aliphatic carbocycles. The number of benzene rings is 1. The first-order chi connectivity index (χ1) is 16.2. The van der Waals surface area contributed by atoms with E-state index < -0.39 is 17.0 Å². The van der Waals surface area contributed by atoms with E-state index in [1.807, 2.05) is 45.0 Å². The molecule has 2 aromatic rings. The molecule has 2 aliphatic rings. The highest BCUT2D eigenvalue weighted by Crippen LogP contribution is 2.27. The van der Waals surface area contributed by atoms with Crippen LogP contribution in [0.5, 0.6) is 17.5 Å². The summed E-state index contributed by atoms with van der Waals surface area (Å²) in [4.78, 5) is 22.3. The average Bonchev–Trinajstić information content (AvgIpc) is 2.80. The summed E-state index contributed by atoms with van der Waals surface area (Å²) in [6.45, 7) is 7.38. The van der Waals surface area contributed by atoms with Crippen molar-refractivity contribution in [2.45, 2.75) is 51.2 Å². The Kier molecular flexibility index (Phi) is 7.64. The summed E-state index contributed by atoms with van der Waals surface area (Å²) in [5.74, 6) is 1.42. The lowest BCUT2D eigenvalue weighted by Gasteiger charge is -2.33. The van der Waals surface area contributed by atoms with Crippen molar-refractivity contribution in [1.82, 2.24) is 14.9 Å². The molecule has 11 heteroatoms. The van der Waals surface area contributed by atoms with Gasteiger partial charge in [0.1, 0.15) is 23.8 Å². The molecule has 2 aliphatic heterocycles. The Morgan fingerprint density at radius 3 is 2.35 bits per heavy atom. The molecule has 0 saturated carbocycles. The predicted octanol–water partition coefficient (Wildman–Crippen LogP) is 3.76. The topological polar surface area (TPSA) is 109 Å². The molecule has 4 rings (SSSR count). The van der Waals surface area contributed by atoms with E-state index in [9.17, 15) is 9.00 Å². The zero-order chi connectivity index (χ0) is 24.1. The van der Waals surface area contributed by atoms with Crippen LogP contribution in [0.3, 0.4) is 0 Å². The highest BCUT2D eigenvalue weighted by Gasteiger charge is 2.28. The number of carbonyl (C=O) groups excluding carboxylic acids is 1.